The Balaban J connectivity index is 0.00000312. The van der Waals surface area contributed by atoms with Crippen LogP contribution in [-0.4, -0.2) is 23.9 Å². The second-order valence-corrected chi connectivity index (χ2v) is 5.73. The molecule has 0 bridgehead atoms. The number of nitrogens with one attached hydrogen (secondary N) is 2. The van der Waals surface area contributed by atoms with Gasteiger partial charge in [0.1, 0.15) is 6.04 Å². The quantitative estimate of drug-likeness (QED) is 0.703. The molecule has 25 heavy (non-hydrogen) atoms. The molecule has 0 saturated heterocycles. The summed E-state index contributed by atoms with van der Waals surface area (Å²) in [5.74, 6) is -0.569. The fraction of sp³-hybridized carbons (Fsp3) is 0.263. The van der Waals surface area contributed by atoms with E-state index < -0.39 is 12.1 Å². The highest BCUT2D eigenvalue weighted by Gasteiger charge is 2.20. The fourth-order valence-electron chi connectivity index (χ4n) is 2.28. The van der Waals surface area contributed by atoms with Gasteiger partial charge in [0.25, 0.3) is 0 Å². The van der Waals surface area contributed by atoms with E-state index in [2.05, 4.69) is 10.6 Å². The van der Waals surface area contributed by atoms with E-state index in [1.54, 1.807) is 6.92 Å². The summed E-state index contributed by atoms with van der Waals surface area (Å²) >= 11 is 0. The van der Waals surface area contributed by atoms with Crippen LogP contribution in [0.25, 0.3) is 0 Å². The van der Waals surface area contributed by atoms with Gasteiger partial charge < -0.3 is 16.4 Å². The summed E-state index contributed by atoms with van der Waals surface area (Å²) in [5.41, 5.74) is 7.91. The van der Waals surface area contributed by atoms with Crippen LogP contribution < -0.4 is 16.4 Å². The van der Waals surface area contributed by atoms with Gasteiger partial charge in [-0.25, -0.2) is 0 Å². The standard InChI is InChI=1S/C19H23N3O2.ClH/c1-14(18(23)21-13-16-10-6-3-7-11-16)22-19(24)17(20)12-15-8-4-2-5-9-15;/h2-11,14,17H,12-13,20H2,1H3,(H,21,23)(H,22,24);1H/t14?,17-;/m0./s1. The van der Waals surface area contributed by atoms with E-state index in [1.807, 2.05) is 60.7 Å². The summed E-state index contributed by atoms with van der Waals surface area (Å²) in [7, 11) is 0. The molecule has 2 aromatic rings. The molecule has 2 rings (SSSR count). The van der Waals surface area contributed by atoms with Crippen molar-refractivity contribution in [2.75, 3.05) is 0 Å². The molecule has 0 aliphatic heterocycles. The predicted octanol–water partition coefficient (Wildman–Crippen LogP) is 1.80. The number of hydrogen-bond acceptors (Lipinski definition) is 3. The van der Waals surface area contributed by atoms with E-state index in [-0.39, 0.29) is 24.2 Å². The molecule has 0 aromatic heterocycles. The van der Waals surface area contributed by atoms with Crippen molar-refractivity contribution < 1.29 is 9.59 Å². The van der Waals surface area contributed by atoms with Crippen molar-refractivity contribution in [3.63, 3.8) is 0 Å². The van der Waals surface area contributed by atoms with Gasteiger partial charge in [-0.1, -0.05) is 60.7 Å². The normalized spacial score (nSPS) is 12.4. The maximum Gasteiger partial charge on any atom is 0.242 e. The van der Waals surface area contributed by atoms with E-state index in [0.717, 1.165) is 11.1 Å². The molecular weight excluding hydrogens is 338 g/mol. The molecule has 0 aliphatic carbocycles. The third-order valence-electron chi connectivity index (χ3n) is 3.70. The first-order chi connectivity index (χ1) is 11.6. The Labute approximate surface area is 154 Å². The SMILES string of the molecule is CC(NC(=O)[C@@H](N)Cc1ccccc1)C(=O)NCc1ccccc1.Cl. The average molecular weight is 362 g/mol. The van der Waals surface area contributed by atoms with Gasteiger partial charge in [-0.05, 0) is 24.5 Å². The summed E-state index contributed by atoms with van der Waals surface area (Å²) in [6.45, 7) is 2.07. The average Bonchev–Trinajstić information content (AvgIpc) is 2.61. The lowest BCUT2D eigenvalue weighted by atomic mass is 10.1. The molecule has 0 aliphatic rings. The number of rotatable bonds is 7. The van der Waals surface area contributed by atoms with Crippen LogP contribution in [0.4, 0.5) is 0 Å². The molecule has 0 saturated carbocycles. The third kappa shape index (κ3) is 6.95. The van der Waals surface area contributed by atoms with Gasteiger partial charge in [0.2, 0.25) is 11.8 Å². The van der Waals surface area contributed by atoms with Crippen LogP contribution in [0.5, 0.6) is 0 Å². The number of nitrogens with two attached hydrogens (primary N) is 1. The number of carbonyl (C=O) groups is 2. The smallest absolute Gasteiger partial charge is 0.242 e. The van der Waals surface area contributed by atoms with Crippen molar-refractivity contribution in [1.82, 2.24) is 10.6 Å². The number of carbonyl (C=O) groups excluding carboxylic acids is 2. The van der Waals surface area contributed by atoms with E-state index in [1.165, 1.54) is 0 Å². The number of hydrogen-bond donors (Lipinski definition) is 3. The zero-order chi connectivity index (χ0) is 17.4. The van der Waals surface area contributed by atoms with Crippen LogP contribution in [0.3, 0.4) is 0 Å². The van der Waals surface area contributed by atoms with E-state index in [9.17, 15) is 9.59 Å². The Morgan fingerprint density at radius 1 is 0.920 bits per heavy atom. The van der Waals surface area contributed by atoms with Crippen LogP contribution in [0.2, 0.25) is 0 Å². The highest BCUT2D eigenvalue weighted by molar-refractivity contribution is 5.89. The van der Waals surface area contributed by atoms with Crippen LogP contribution in [0.15, 0.2) is 60.7 Å². The fourth-order valence-corrected chi connectivity index (χ4v) is 2.28. The topological polar surface area (TPSA) is 84.2 Å². The third-order valence-corrected chi connectivity index (χ3v) is 3.70. The first-order valence-corrected chi connectivity index (χ1v) is 7.98. The van der Waals surface area contributed by atoms with Gasteiger partial charge in [0.05, 0.1) is 6.04 Å². The molecule has 2 atom stereocenters. The van der Waals surface area contributed by atoms with Crippen molar-refractivity contribution in [3.05, 3.63) is 71.8 Å². The van der Waals surface area contributed by atoms with Gasteiger partial charge in [-0.2, -0.15) is 0 Å². The molecular formula is C19H24ClN3O2. The lowest BCUT2D eigenvalue weighted by Gasteiger charge is -2.17. The molecule has 1 unspecified atom stereocenters. The predicted molar refractivity (Wildman–Crippen MR) is 101 cm³/mol. The highest BCUT2D eigenvalue weighted by Crippen LogP contribution is 2.02. The van der Waals surface area contributed by atoms with Crippen molar-refractivity contribution in [2.45, 2.75) is 32.0 Å². The Morgan fingerprint density at radius 3 is 2.00 bits per heavy atom. The minimum absolute atomic E-state index is 0. The summed E-state index contributed by atoms with van der Waals surface area (Å²) < 4.78 is 0. The maximum absolute atomic E-state index is 12.1. The Bertz CT molecular complexity index is 665. The zero-order valence-corrected chi connectivity index (χ0v) is 15.0. The molecule has 4 N–H and O–H groups in total. The first kappa shape index (κ1) is 20.7. The molecule has 2 aromatic carbocycles. The second kappa shape index (κ2) is 10.5. The van der Waals surface area contributed by atoms with Gasteiger partial charge in [0.15, 0.2) is 0 Å². The van der Waals surface area contributed by atoms with Crippen molar-refractivity contribution in [2.24, 2.45) is 5.73 Å². The van der Waals surface area contributed by atoms with Crippen molar-refractivity contribution in [1.29, 1.82) is 0 Å². The molecule has 134 valence electrons. The van der Waals surface area contributed by atoms with Gasteiger partial charge in [-0.3, -0.25) is 9.59 Å². The minimum atomic E-state index is -0.684. The van der Waals surface area contributed by atoms with Gasteiger partial charge in [-0.15, -0.1) is 12.4 Å². The maximum atomic E-state index is 12.1. The van der Waals surface area contributed by atoms with Gasteiger partial charge in [0, 0.05) is 6.54 Å². The summed E-state index contributed by atoms with van der Waals surface area (Å²) in [6.07, 6.45) is 0.436. The summed E-state index contributed by atoms with van der Waals surface area (Å²) in [6, 6.07) is 17.8. The van der Waals surface area contributed by atoms with Gasteiger partial charge >= 0.3 is 0 Å². The molecule has 2 amide bonds. The highest BCUT2D eigenvalue weighted by atomic mass is 35.5. The molecule has 0 heterocycles. The van der Waals surface area contributed by atoms with Crippen molar-refractivity contribution in [3.8, 4) is 0 Å². The second-order valence-electron chi connectivity index (χ2n) is 5.73. The lowest BCUT2D eigenvalue weighted by molar-refractivity contribution is -0.129. The minimum Gasteiger partial charge on any atom is -0.350 e. The molecule has 0 fully saturated rings. The Kier molecular flexibility index (Phi) is 8.67. The lowest BCUT2D eigenvalue weighted by Crippen LogP contribution is -2.50. The summed E-state index contributed by atoms with van der Waals surface area (Å²) in [4.78, 5) is 24.2. The molecule has 5 nitrogen and oxygen atoms in total. The monoisotopic (exact) mass is 361 g/mol. The number of benzene rings is 2. The van der Waals surface area contributed by atoms with Crippen LogP contribution >= 0.6 is 12.4 Å². The van der Waals surface area contributed by atoms with E-state index >= 15 is 0 Å². The number of halogens is 1. The molecule has 0 radical (unpaired) electrons. The Morgan fingerprint density at radius 2 is 1.44 bits per heavy atom. The zero-order valence-electron chi connectivity index (χ0n) is 14.1. The summed E-state index contributed by atoms with van der Waals surface area (Å²) in [5, 5.41) is 5.46. The van der Waals surface area contributed by atoms with E-state index in [4.69, 9.17) is 5.73 Å². The Hall–Kier alpha value is -2.37. The molecule has 6 heteroatoms. The number of amides is 2. The van der Waals surface area contributed by atoms with Crippen LogP contribution in [-0.2, 0) is 22.6 Å². The first-order valence-electron chi connectivity index (χ1n) is 7.98. The van der Waals surface area contributed by atoms with Crippen LogP contribution in [0.1, 0.15) is 18.1 Å². The largest absolute Gasteiger partial charge is 0.350 e. The van der Waals surface area contributed by atoms with E-state index in [0.29, 0.717) is 13.0 Å². The molecule has 0 spiro atoms. The van der Waals surface area contributed by atoms with Crippen LogP contribution in [0, 0.1) is 0 Å². The van der Waals surface area contributed by atoms with Crippen molar-refractivity contribution >= 4 is 24.2 Å².